The second kappa shape index (κ2) is 4.88. The zero-order chi connectivity index (χ0) is 13.2. The van der Waals surface area contributed by atoms with Gasteiger partial charge in [0.15, 0.2) is 0 Å². The van der Waals surface area contributed by atoms with Gasteiger partial charge in [-0.1, -0.05) is 37.1 Å². The Kier molecular flexibility index (Phi) is 3.07. The van der Waals surface area contributed by atoms with E-state index in [0.717, 1.165) is 23.6 Å². The number of rotatable bonds is 2. The number of aromatic nitrogens is 1. The molecule has 3 N–H and O–H groups in total. The van der Waals surface area contributed by atoms with Crippen LogP contribution < -0.4 is 11.1 Å². The Morgan fingerprint density at radius 3 is 2.63 bits per heavy atom. The van der Waals surface area contributed by atoms with Gasteiger partial charge < -0.3 is 11.1 Å². The molecule has 1 aromatic heterocycles. The third-order valence-corrected chi connectivity index (χ3v) is 3.76. The SMILES string of the molecule is Nc1ncc(C(=O)NC2CCCC2)c2ccccc12. The van der Waals surface area contributed by atoms with E-state index in [9.17, 15) is 4.79 Å². The first-order valence-electron chi connectivity index (χ1n) is 6.70. The fraction of sp³-hybridized carbons (Fsp3) is 0.333. The van der Waals surface area contributed by atoms with Crippen LogP contribution in [0.1, 0.15) is 36.0 Å². The van der Waals surface area contributed by atoms with Crippen molar-refractivity contribution in [3.05, 3.63) is 36.0 Å². The molecule has 1 amide bonds. The summed E-state index contributed by atoms with van der Waals surface area (Å²) in [5.74, 6) is 0.420. The molecule has 98 valence electrons. The summed E-state index contributed by atoms with van der Waals surface area (Å²) >= 11 is 0. The molecule has 1 aromatic carbocycles. The molecule has 1 heterocycles. The highest BCUT2D eigenvalue weighted by atomic mass is 16.1. The van der Waals surface area contributed by atoms with Gasteiger partial charge in [-0.3, -0.25) is 4.79 Å². The van der Waals surface area contributed by atoms with Crippen LogP contribution in [0.15, 0.2) is 30.5 Å². The fourth-order valence-electron chi connectivity index (χ4n) is 2.73. The highest BCUT2D eigenvalue weighted by Crippen LogP contribution is 2.23. The zero-order valence-corrected chi connectivity index (χ0v) is 10.7. The third kappa shape index (κ3) is 2.26. The van der Waals surface area contributed by atoms with Crippen molar-refractivity contribution < 1.29 is 4.79 Å². The molecule has 1 fully saturated rings. The first kappa shape index (κ1) is 12.0. The number of pyridine rings is 1. The molecule has 0 unspecified atom stereocenters. The minimum atomic E-state index is -0.0457. The number of nitrogens with zero attached hydrogens (tertiary/aromatic N) is 1. The predicted molar refractivity (Wildman–Crippen MR) is 75.9 cm³/mol. The standard InChI is InChI=1S/C15H17N3O/c16-14-12-8-4-3-7-11(12)13(9-17-14)15(19)18-10-5-1-2-6-10/h3-4,7-10H,1-2,5-6H2,(H2,16,17)(H,18,19). The Labute approximate surface area is 112 Å². The van der Waals surface area contributed by atoms with Crippen LogP contribution in [0.5, 0.6) is 0 Å². The topological polar surface area (TPSA) is 68.0 Å². The van der Waals surface area contributed by atoms with Gasteiger partial charge >= 0.3 is 0 Å². The first-order chi connectivity index (χ1) is 9.25. The maximum Gasteiger partial charge on any atom is 0.253 e. The average Bonchev–Trinajstić information content (AvgIpc) is 2.92. The molecular formula is C15H17N3O. The molecule has 0 spiro atoms. The number of nitrogens with two attached hydrogens (primary N) is 1. The summed E-state index contributed by atoms with van der Waals surface area (Å²) in [6.07, 6.45) is 6.12. The molecule has 4 nitrogen and oxygen atoms in total. The largest absolute Gasteiger partial charge is 0.383 e. The number of hydrogen-bond acceptors (Lipinski definition) is 3. The summed E-state index contributed by atoms with van der Waals surface area (Å²) in [5.41, 5.74) is 6.45. The number of benzene rings is 1. The molecule has 1 aliphatic carbocycles. The molecule has 1 aliphatic rings. The van der Waals surface area contributed by atoms with Crippen molar-refractivity contribution >= 4 is 22.5 Å². The third-order valence-electron chi connectivity index (χ3n) is 3.76. The minimum Gasteiger partial charge on any atom is -0.383 e. The number of carbonyl (C=O) groups excluding carboxylic acids is 1. The van der Waals surface area contributed by atoms with E-state index in [0.29, 0.717) is 17.4 Å². The molecule has 3 rings (SSSR count). The predicted octanol–water partition coefficient (Wildman–Crippen LogP) is 2.49. The summed E-state index contributed by atoms with van der Waals surface area (Å²) in [6, 6.07) is 7.93. The second-order valence-corrected chi connectivity index (χ2v) is 5.06. The molecule has 4 heteroatoms. The quantitative estimate of drug-likeness (QED) is 0.866. The lowest BCUT2D eigenvalue weighted by Gasteiger charge is -2.13. The number of anilines is 1. The number of nitrogens with one attached hydrogen (secondary N) is 1. The van der Waals surface area contributed by atoms with Crippen LogP contribution >= 0.6 is 0 Å². The Balaban J connectivity index is 1.95. The Morgan fingerprint density at radius 1 is 1.21 bits per heavy atom. The molecule has 0 radical (unpaired) electrons. The molecule has 2 aromatic rings. The van der Waals surface area contributed by atoms with Crippen molar-refractivity contribution in [3.8, 4) is 0 Å². The van der Waals surface area contributed by atoms with Gasteiger partial charge in [-0.15, -0.1) is 0 Å². The van der Waals surface area contributed by atoms with E-state index in [1.165, 1.54) is 12.8 Å². The van der Waals surface area contributed by atoms with Gasteiger partial charge in [-0.25, -0.2) is 4.98 Å². The van der Waals surface area contributed by atoms with Gasteiger partial charge in [-0.2, -0.15) is 0 Å². The van der Waals surface area contributed by atoms with Crippen molar-refractivity contribution in [2.45, 2.75) is 31.7 Å². The summed E-state index contributed by atoms with van der Waals surface area (Å²) < 4.78 is 0. The minimum absolute atomic E-state index is 0.0457. The summed E-state index contributed by atoms with van der Waals surface area (Å²) in [5, 5.41) is 4.79. The van der Waals surface area contributed by atoms with Crippen LogP contribution in [0, 0.1) is 0 Å². The van der Waals surface area contributed by atoms with Gasteiger partial charge in [0.1, 0.15) is 5.82 Å². The Hall–Kier alpha value is -2.10. The highest BCUT2D eigenvalue weighted by molar-refractivity contribution is 6.09. The summed E-state index contributed by atoms with van der Waals surface area (Å²) in [6.45, 7) is 0. The van der Waals surface area contributed by atoms with Crippen molar-refractivity contribution in [2.75, 3.05) is 5.73 Å². The van der Waals surface area contributed by atoms with Gasteiger partial charge in [0.25, 0.3) is 5.91 Å². The number of hydrogen-bond donors (Lipinski definition) is 2. The van der Waals surface area contributed by atoms with E-state index in [-0.39, 0.29) is 5.91 Å². The smallest absolute Gasteiger partial charge is 0.253 e. The first-order valence-corrected chi connectivity index (χ1v) is 6.70. The molecule has 1 saturated carbocycles. The van der Waals surface area contributed by atoms with E-state index in [1.54, 1.807) is 6.20 Å². The monoisotopic (exact) mass is 255 g/mol. The van der Waals surface area contributed by atoms with E-state index in [4.69, 9.17) is 5.73 Å². The maximum atomic E-state index is 12.3. The Morgan fingerprint density at radius 2 is 1.89 bits per heavy atom. The van der Waals surface area contributed by atoms with Crippen LogP contribution in [0.2, 0.25) is 0 Å². The number of fused-ring (bicyclic) bond motifs is 1. The molecule has 0 saturated heterocycles. The zero-order valence-electron chi connectivity index (χ0n) is 10.7. The summed E-state index contributed by atoms with van der Waals surface area (Å²) in [7, 11) is 0. The molecular weight excluding hydrogens is 238 g/mol. The van der Waals surface area contributed by atoms with Crippen molar-refractivity contribution in [1.29, 1.82) is 0 Å². The normalized spacial score (nSPS) is 15.8. The number of carbonyl (C=O) groups is 1. The van der Waals surface area contributed by atoms with Gasteiger partial charge in [-0.05, 0) is 18.2 Å². The van der Waals surface area contributed by atoms with Crippen molar-refractivity contribution in [3.63, 3.8) is 0 Å². The average molecular weight is 255 g/mol. The lowest BCUT2D eigenvalue weighted by atomic mass is 10.1. The molecule has 0 atom stereocenters. The van der Waals surface area contributed by atoms with Crippen molar-refractivity contribution in [1.82, 2.24) is 10.3 Å². The van der Waals surface area contributed by atoms with E-state index in [1.807, 2.05) is 24.3 Å². The van der Waals surface area contributed by atoms with E-state index >= 15 is 0 Å². The lowest BCUT2D eigenvalue weighted by Crippen LogP contribution is -2.32. The van der Waals surface area contributed by atoms with Crippen molar-refractivity contribution in [2.24, 2.45) is 0 Å². The van der Waals surface area contributed by atoms with E-state index < -0.39 is 0 Å². The van der Waals surface area contributed by atoms with E-state index in [2.05, 4.69) is 10.3 Å². The van der Waals surface area contributed by atoms with Crippen LogP contribution in [0.3, 0.4) is 0 Å². The van der Waals surface area contributed by atoms with Gasteiger partial charge in [0, 0.05) is 17.6 Å². The van der Waals surface area contributed by atoms with Crippen LogP contribution in [0.25, 0.3) is 10.8 Å². The molecule has 19 heavy (non-hydrogen) atoms. The molecule has 0 aliphatic heterocycles. The molecule has 0 bridgehead atoms. The summed E-state index contributed by atoms with van der Waals surface area (Å²) in [4.78, 5) is 16.5. The fourth-order valence-corrected chi connectivity index (χ4v) is 2.73. The Bertz CT molecular complexity index is 618. The highest BCUT2D eigenvalue weighted by Gasteiger charge is 2.19. The number of amides is 1. The van der Waals surface area contributed by atoms with Gasteiger partial charge in [0.05, 0.1) is 5.56 Å². The van der Waals surface area contributed by atoms with Crippen LogP contribution in [-0.4, -0.2) is 16.9 Å². The lowest BCUT2D eigenvalue weighted by molar-refractivity contribution is 0.0939. The van der Waals surface area contributed by atoms with Crippen LogP contribution in [-0.2, 0) is 0 Å². The van der Waals surface area contributed by atoms with Gasteiger partial charge in [0.2, 0.25) is 0 Å². The van der Waals surface area contributed by atoms with Crippen LogP contribution in [0.4, 0.5) is 5.82 Å². The number of nitrogen functional groups attached to an aromatic ring is 1. The second-order valence-electron chi connectivity index (χ2n) is 5.06. The maximum absolute atomic E-state index is 12.3.